The van der Waals surface area contributed by atoms with Crippen LogP contribution in [0.2, 0.25) is 0 Å². The molecule has 3 nitrogen and oxygen atoms in total. The Labute approximate surface area is 124 Å². The quantitative estimate of drug-likeness (QED) is 0.926. The standard InChI is InChI=1S/C15H13BrFNO2/c1-20-12-5-2-10(3-6-12)9-18-15(19)11-4-7-14(17)13(16)8-11/h2-8H,9H2,1H3,(H,18,19). The van der Waals surface area contributed by atoms with Gasteiger partial charge in [0.25, 0.3) is 5.91 Å². The lowest BCUT2D eigenvalue weighted by atomic mass is 10.2. The summed E-state index contributed by atoms with van der Waals surface area (Å²) >= 11 is 3.06. The van der Waals surface area contributed by atoms with Crippen molar-refractivity contribution >= 4 is 21.8 Å². The molecule has 2 aromatic rings. The number of ether oxygens (including phenoxy) is 1. The molecular formula is C15H13BrFNO2. The van der Waals surface area contributed by atoms with Crippen LogP contribution in [0.1, 0.15) is 15.9 Å². The topological polar surface area (TPSA) is 38.3 Å². The molecule has 20 heavy (non-hydrogen) atoms. The summed E-state index contributed by atoms with van der Waals surface area (Å²) in [5.41, 5.74) is 1.37. The number of carbonyl (C=O) groups excluding carboxylic acids is 1. The number of rotatable bonds is 4. The smallest absolute Gasteiger partial charge is 0.251 e. The van der Waals surface area contributed by atoms with E-state index in [4.69, 9.17) is 4.74 Å². The molecule has 0 saturated heterocycles. The number of halogens is 2. The maximum atomic E-state index is 13.1. The second-order valence-corrected chi connectivity index (χ2v) is 5.01. The summed E-state index contributed by atoms with van der Waals surface area (Å²) in [6.07, 6.45) is 0. The highest BCUT2D eigenvalue weighted by atomic mass is 79.9. The molecule has 5 heteroatoms. The van der Waals surface area contributed by atoms with E-state index < -0.39 is 5.82 Å². The monoisotopic (exact) mass is 337 g/mol. The molecule has 1 N–H and O–H groups in total. The molecule has 0 aromatic heterocycles. The number of amides is 1. The molecule has 0 atom stereocenters. The maximum Gasteiger partial charge on any atom is 0.251 e. The highest BCUT2D eigenvalue weighted by molar-refractivity contribution is 9.10. The fourth-order valence-corrected chi connectivity index (χ4v) is 2.04. The zero-order chi connectivity index (χ0) is 14.5. The molecule has 0 radical (unpaired) electrons. The maximum absolute atomic E-state index is 13.1. The van der Waals surface area contributed by atoms with E-state index in [0.29, 0.717) is 12.1 Å². The minimum atomic E-state index is -0.392. The third-order valence-corrected chi connectivity index (χ3v) is 3.40. The first kappa shape index (κ1) is 14.5. The fraction of sp³-hybridized carbons (Fsp3) is 0.133. The van der Waals surface area contributed by atoms with Gasteiger partial charge in [0.1, 0.15) is 11.6 Å². The van der Waals surface area contributed by atoms with Crippen LogP contribution >= 0.6 is 15.9 Å². The first-order valence-corrected chi connectivity index (χ1v) is 6.75. The van der Waals surface area contributed by atoms with Gasteiger partial charge in [0.2, 0.25) is 0 Å². The normalized spacial score (nSPS) is 10.2. The van der Waals surface area contributed by atoms with Gasteiger partial charge in [-0.25, -0.2) is 4.39 Å². The fourth-order valence-electron chi connectivity index (χ4n) is 1.67. The summed E-state index contributed by atoms with van der Waals surface area (Å²) < 4.78 is 18.4. The Morgan fingerprint density at radius 3 is 2.55 bits per heavy atom. The van der Waals surface area contributed by atoms with Gasteiger partial charge in [-0.1, -0.05) is 12.1 Å². The van der Waals surface area contributed by atoms with Crippen LogP contribution in [0.25, 0.3) is 0 Å². The van der Waals surface area contributed by atoms with Crippen molar-refractivity contribution in [1.82, 2.24) is 5.32 Å². The van der Waals surface area contributed by atoms with E-state index in [1.54, 1.807) is 7.11 Å². The highest BCUT2D eigenvalue weighted by Gasteiger charge is 2.08. The van der Waals surface area contributed by atoms with Crippen LogP contribution in [0.4, 0.5) is 4.39 Å². The zero-order valence-corrected chi connectivity index (χ0v) is 12.4. The summed E-state index contributed by atoms with van der Waals surface area (Å²) in [6.45, 7) is 0.401. The van der Waals surface area contributed by atoms with Crippen molar-refractivity contribution < 1.29 is 13.9 Å². The minimum absolute atomic E-state index is 0.249. The lowest BCUT2D eigenvalue weighted by Crippen LogP contribution is -2.22. The Bertz CT molecular complexity index is 614. The molecular weight excluding hydrogens is 325 g/mol. The van der Waals surface area contributed by atoms with Crippen LogP contribution in [0, 0.1) is 5.82 Å². The van der Waals surface area contributed by atoms with Crippen LogP contribution in [0.5, 0.6) is 5.75 Å². The van der Waals surface area contributed by atoms with Gasteiger partial charge in [0.15, 0.2) is 0 Å². The van der Waals surface area contributed by atoms with Gasteiger partial charge in [-0.3, -0.25) is 4.79 Å². The van der Waals surface area contributed by atoms with Crippen molar-refractivity contribution in [2.24, 2.45) is 0 Å². The first-order chi connectivity index (χ1) is 9.60. The molecule has 0 fully saturated rings. The first-order valence-electron chi connectivity index (χ1n) is 5.96. The Hall–Kier alpha value is -1.88. The highest BCUT2D eigenvalue weighted by Crippen LogP contribution is 2.17. The van der Waals surface area contributed by atoms with Gasteiger partial charge >= 0.3 is 0 Å². The second kappa shape index (κ2) is 6.52. The Balaban J connectivity index is 1.98. The van der Waals surface area contributed by atoms with Gasteiger partial charge in [-0.2, -0.15) is 0 Å². The van der Waals surface area contributed by atoms with Crippen molar-refractivity contribution in [3.05, 3.63) is 63.9 Å². The van der Waals surface area contributed by atoms with Crippen LogP contribution in [0.15, 0.2) is 46.9 Å². The third kappa shape index (κ3) is 3.57. The van der Waals surface area contributed by atoms with Gasteiger partial charge in [-0.15, -0.1) is 0 Å². The predicted molar refractivity (Wildman–Crippen MR) is 78.3 cm³/mol. The van der Waals surface area contributed by atoms with Crippen molar-refractivity contribution in [2.75, 3.05) is 7.11 Å². The Kier molecular flexibility index (Phi) is 4.74. The number of carbonyl (C=O) groups is 1. The molecule has 0 aliphatic heterocycles. The van der Waals surface area contributed by atoms with Gasteiger partial charge < -0.3 is 10.1 Å². The van der Waals surface area contributed by atoms with Crippen molar-refractivity contribution in [2.45, 2.75) is 6.54 Å². The number of nitrogens with one attached hydrogen (secondary N) is 1. The van der Waals surface area contributed by atoms with E-state index in [0.717, 1.165) is 11.3 Å². The molecule has 1 amide bonds. The van der Waals surface area contributed by atoms with Crippen LogP contribution in [-0.2, 0) is 6.54 Å². The van der Waals surface area contributed by atoms with E-state index in [2.05, 4.69) is 21.2 Å². The number of hydrogen-bond acceptors (Lipinski definition) is 2. The van der Waals surface area contributed by atoms with Crippen LogP contribution in [0.3, 0.4) is 0 Å². The largest absolute Gasteiger partial charge is 0.497 e. The average Bonchev–Trinajstić information content (AvgIpc) is 2.48. The molecule has 0 heterocycles. The molecule has 2 rings (SSSR count). The van der Waals surface area contributed by atoms with Crippen LogP contribution in [-0.4, -0.2) is 13.0 Å². The van der Waals surface area contributed by atoms with E-state index in [1.165, 1.54) is 18.2 Å². The van der Waals surface area contributed by atoms with Crippen molar-refractivity contribution in [3.8, 4) is 5.75 Å². The van der Waals surface area contributed by atoms with Gasteiger partial charge in [0.05, 0.1) is 11.6 Å². The summed E-state index contributed by atoms with van der Waals surface area (Å²) in [4.78, 5) is 11.9. The Morgan fingerprint density at radius 1 is 1.25 bits per heavy atom. The molecule has 0 saturated carbocycles. The molecule has 0 unspecified atom stereocenters. The molecule has 0 spiro atoms. The van der Waals surface area contributed by atoms with Crippen molar-refractivity contribution in [1.29, 1.82) is 0 Å². The summed E-state index contributed by atoms with van der Waals surface area (Å²) in [5.74, 6) is 0.126. The van der Waals surface area contributed by atoms with E-state index in [9.17, 15) is 9.18 Å². The second-order valence-electron chi connectivity index (χ2n) is 4.16. The van der Waals surface area contributed by atoms with E-state index >= 15 is 0 Å². The lowest BCUT2D eigenvalue weighted by Gasteiger charge is -2.07. The number of methoxy groups -OCH3 is 1. The SMILES string of the molecule is COc1ccc(CNC(=O)c2ccc(F)c(Br)c2)cc1. The summed E-state index contributed by atoms with van der Waals surface area (Å²) in [7, 11) is 1.60. The van der Waals surface area contributed by atoms with Crippen LogP contribution < -0.4 is 10.1 Å². The van der Waals surface area contributed by atoms with Gasteiger partial charge in [-0.05, 0) is 51.8 Å². The zero-order valence-electron chi connectivity index (χ0n) is 10.8. The predicted octanol–water partition coefficient (Wildman–Crippen LogP) is 3.53. The molecule has 0 aliphatic carbocycles. The molecule has 104 valence electrons. The van der Waals surface area contributed by atoms with Crippen molar-refractivity contribution in [3.63, 3.8) is 0 Å². The van der Waals surface area contributed by atoms with Gasteiger partial charge in [0, 0.05) is 12.1 Å². The van der Waals surface area contributed by atoms with E-state index in [-0.39, 0.29) is 10.4 Å². The average molecular weight is 338 g/mol. The lowest BCUT2D eigenvalue weighted by molar-refractivity contribution is 0.0951. The Morgan fingerprint density at radius 2 is 1.95 bits per heavy atom. The van der Waals surface area contributed by atoms with E-state index in [1.807, 2.05) is 24.3 Å². The summed E-state index contributed by atoms with van der Waals surface area (Å²) in [5, 5.41) is 2.78. The molecule has 2 aromatic carbocycles. The number of hydrogen-bond donors (Lipinski definition) is 1. The minimum Gasteiger partial charge on any atom is -0.497 e. The third-order valence-electron chi connectivity index (χ3n) is 2.79. The number of benzene rings is 2. The molecule has 0 bridgehead atoms. The summed E-state index contributed by atoms with van der Waals surface area (Å²) in [6, 6.07) is 11.6. The molecule has 0 aliphatic rings.